The van der Waals surface area contributed by atoms with Gasteiger partial charge in [-0.05, 0) is 24.3 Å². The molecule has 0 aliphatic heterocycles. The van der Waals surface area contributed by atoms with Crippen LogP contribution < -0.4 is 0 Å². The van der Waals surface area contributed by atoms with Crippen molar-refractivity contribution >= 4 is 11.6 Å². The molecule has 0 amide bonds. The van der Waals surface area contributed by atoms with Crippen molar-refractivity contribution in [2.24, 2.45) is 5.92 Å². The molecule has 1 aromatic carbocycles. The molecule has 0 saturated heterocycles. The van der Waals surface area contributed by atoms with Crippen molar-refractivity contribution < 1.29 is 0 Å². The number of alkyl halides is 1. The molecule has 0 spiro atoms. The van der Waals surface area contributed by atoms with Gasteiger partial charge in [0.05, 0.1) is 0 Å². The Kier molecular flexibility index (Phi) is 9.02. The van der Waals surface area contributed by atoms with Crippen LogP contribution in [0.25, 0.3) is 0 Å². The predicted octanol–water partition coefficient (Wildman–Crippen LogP) is 5.83. The first-order chi connectivity index (χ1) is 8.86. The van der Waals surface area contributed by atoms with Gasteiger partial charge in [0, 0.05) is 5.88 Å². The fourth-order valence-corrected chi connectivity index (χ4v) is 2.66. The summed E-state index contributed by atoms with van der Waals surface area (Å²) in [4.78, 5) is 0. The monoisotopic (exact) mass is 266 g/mol. The zero-order valence-electron chi connectivity index (χ0n) is 11.7. The highest BCUT2D eigenvalue weighted by atomic mass is 35.5. The van der Waals surface area contributed by atoms with Gasteiger partial charge in [0.1, 0.15) is 0 Å². The number of rotatable bonds is 10. The highest BCUT2D eigenvalue weighted by Gasteiger charge is 2.07. The van der Waals surface area contributed by atoms with E-state index in [9.17, 15) is 0 Å². The fourth-order valence-electron chi connectivity index (χ4n) is 2.39. The van der Waals surface area contributed by atoms with E-state index in [4.69, 9.17) is 11.6 Å². The molecule has 18 heavy (non-hydrogen) atoms. The van der Waals surface area contributed by atoms with Crippen molar-refractivity contribution in [3.8, 4) is 0 Å². The number of hydrogen-bond acceptors (Lipinski definition) is 0. The number of halogens is 1. The Bertz CT molecular complexity index is 281. The second-order valence-corrected chi connectivity index (χ2v) is 5.58. The minimum atomic E-state index is 0.653. The number of unbranched alkanes of at least 4 members (excludes halogenated alkanes) is 5. The molecule has 0 fully saturated rings. The second-order valence-electron chi connectivity index (χ2n) is 5.27. The molecular weight excluding hydrogens is 240 g/mol. The third-order valence-electron chi connectivity index (χ3n) is 3.55. The van der Waals surface area contributed by atoms with Gasteiger partial charge in [-0.3, -0.25) is 0 Å². The van der Waals surface area contributed by atoms with Crippen LogP contribution in [-0.4, -0.2) is 5.88 Å². The van der Waals surface area contributed by atoms with Crippen molar-refractivity contribution in [2.75, 3.05) is 5.88 Å². The zero-order chi connectivity index (χ0) is 13.1. The molecule has 0 N–H and O–H groups in total. The van der Waals surface area contributed by atoms with Gasteiger partial charge in [0.15, 0.2) is 0 Å². The molecule has 0 aliphatic rings. The summed E-state index contributed by atoms with van der Waals surface area (Å²) in [6.45, 7) is 2.27. The maximum Gasteiger partial charge on any atom is 0.0254 e. The van der Waals surface area contributed by atoms with E-state index >= 15 is 0 Å². The van der Waals surface area contributed by atoms with Crippen molar-refractivity contribution in [3.63, 3.8) is 0 Å². The highest BCUT2D eigenvalue weighted by Crippen LogP contribution is 2.18. The Balaban J connectivity index is 2.14. The molecule has 0 saturated carbocycles. The Morgan fingerprint density at radius 1 is 0.944 bits per heavy atom. The van der Waals surface area contributed by atoms with E-state index in [1.54, 1.807) is 0 Å². The first-order valence-electron chi connectivity index (χ1n) is 7.46. The quantitative estimate of drug-likeness (QED) is 0.369. The van der Waals surface area contributed by atoms with Gasteiger partial charge in [-0.2, -0.15) is 0 Å². The number of hydrogen-bond donors (Lipinski definition) is 0. The van der Waals surface area contributed by atoms with E-state index in [0.717, 1.165) is 12.3 Å². The Morgan fingerprint density at radius 2 is 1.61 bits per heavy atom. The summed E-state index contributed by atoms with van der Waals surface area (Å²) in [7, 11) is 0. The first kappa shape index (κ1) is 15.6. The Morgan fingerprint density at radius 3 is 2.28 bits per heavy atom. The van der Waals surface area contributed by atoms with Crippen LogP contribution in [0.5, 0.6) is 0 Å². The molecule has 1 atom stereocenters. The maximum atomic E-state index is 6.08. The van der Waals surface area contributed by atoms with Gasteiger partial charge in [0.2, 0.25) is 0 Å². The third-order valence-corrected chi connectivity index (χ3v) is 3.99. The Labute approximate surface area is 118 Å². The van der Waals surface area contributed by atoms with E-state index in [0.29, 0.717) is 5.92 Å². The van der Waals surface area contributed by atoms with E-state index in [1.807, 2.05) is 0 Å². The van der Waals surface area contributed by atoms with Crippen LogP contribution >= 0.6 is 11.6 Å². The van der Waals surface area contributed by atoms with Crippen molar-refractivity contribution in [1.29, 1.82) is 0 Å². The van der Waals surface area contributed by atoms with Gasteiger partial charge in [-0.15, -0.1) is 11.6 Å². The first-order valence-corrected chi connectivity index (χ1v) is 8.00. The average Bonchev–Trinajstić information content (AvgIpc) is 2.42. The molecule has 1 unspecified atom stereocenters. The van der Waals surface area contributed by atoms with Crippen LogP contribution in [0.4, 0.5) is 0 Å². The highest BCUT2D eigenvalue weighted by molar-refractivity contribution is 6.18. The lowest BCUT2D eigenvalue weighted by molar-refractivity contribution is 0.485. The maximum absolute atomic E-state index is 6.08. The molecule has 0 nitrogen and oxygen atoms in total. The lowest BCUT2D eigenvalue weighted by Gasteiger charge is -2.13. The van der Waals surface area contributed by atoms with E-state index in [1.165, 1.54) is 50.5 Å². The predicted molar refractivity (Wildman–Crippen MR) is 82.3 cm³/mol. The van der Waals surface area contributed by atoms with Crippen LogP contribution in [0.15, 0.2) is 30.3 Å². The minimum absolute atomic E-state index is 0.653. The smallest absolute Gasteiger partial charge is 0.0254 e. The average molecular weight is 267 g/mol. The molecular formula is C17H27Cl. The van der Waals surface area contributed by atoms with E-state index < -0.39 is 0 Å². The van der Waals surface area contributed by atoms with Crippen LogP contribution in [0.1, 0.15) is 57.4 Å². The minimum Gasteiger partial charge on any atom is -0.126 e. The molecule has 0 heterocycles. The third kappa shape index (κ3) is 7.06. The standard InChI is InChI=1S/C17H27Cl/c1-2-3-4-5-6-8-13-17(15-18)14-16-11-9-7-10-12-16/h7,9-12,17H,2-6,8,13-15H2,1H3. The summed E-state index contributed by atoms with van der Waals surface area (Å²) in [5.74, 6) is 1.45. The zero-order valence-corrected chi connectivity index (χ0v) is 12.5. The van der Waals surface area contributed by atoms with Gasteiger partial charge in [-0.25, -0.2) is 0 Å². The van der Waals surface area contributed by atoms with Gasteiger partial charge >= 0.3 is 0 Å². The fraction of sp³-hybridized carbons (Fsp3) is 0.647. The van der Waals surface area contributed by atoms with Gasteiger partial charge in [-0.1, -0.05) is 75.8 Å². The van der Waals surface area contributed by atoms with E-state index in [-0.39, 0.29) is 0 Å². The number of benzene rings is 1. The van der Waals surface area contributed by atoms with Crippen molar-refractivity contribution in [2.45, 2.75) is 58.3 Å². The van der Waals surface area contributed by atoms with Gasteiger partial charge in [0.25, 0.3) is 0 Å². The summed E-state index contributed by atoms with van der Waals surface area (Å²) in [5.41, 5.74) is 1.43. The largest absolute Gasteiger partial charge is 0.126 e. The summed E-state index contributed by atoms with van der Waals surface area (Å²) in [5, 5.41) is 0. The lowest BCUT2D eigenvalue weighted by atomic mass is 9.95. The van der Waals surface area contributed by atoms with Crippen molar-refractivity contribution in [3.05, 3.63) is 35.9 Å². The second kappa shape index (κ2) is 10.4. The SMILES string of the molecule is CCCCCCCCC(CCl)Cc1ccccc1. The van der Waals surface area contributed by atoms with Crippen molar-refractivity contribution in [1.82, 2.24) is 0 Å². The topological polar surface area (TPSA) is 0 Å². The summed E-state index contributed by atoms with van der Waals surface area (Å²) >= 11 is 6.08. The van der Waals surface area contributed by atoms with Crippen LogP contribution in [0, 0.1) is 5.92 Å². The van der Waals surface area contributed by atoms with Crippen LogP contribution in [0.3, 0.4) is 0 Å². The molecule has 0 radical (unpaired) electrons. The lowest BCUT2D eigenvalue weighted by Crippen LogP contribution is -2.06. The molecule has 1 heteroatoms. The summed E-state index contributed by atoms with van der Waals surface area (Å²) < 4.78 is 0. The van der Waals surface area contributed by atoms with Gasteiger partial charge < -0.3 is 0 Å². The van der Waals surface area contributed by atoms with E-state index in [2.05, 4.69) is 37.3 Å². The molecule has 0 aromatic heterocycles. The summed E-state index contributed by atoms with van der Waals surface area (Å²) in [6, 6.07) is 10.7. The van der Waals surface area contributed by atoms with Crippen LogP contribution in [0.2, 0.25) is 0 Å². The summed E-state index contributed by atoms with van der Waals surface area (Å²) in [6.07, 6.45) is 10.7. The normalized spacial score (nSPS) is 12.6. The molecule has 0 bridgehead atoms. The Hall–Kier alpha value is -0.490. The molecule has 102 valence electrons. The molecule has 0 aliphatic carbocycles. The van der Waals surface area contributed by atoms with Crippen LogP contribution in [-0.2, 0) is 6.42 Å². The molecule has 1 rings (SSSR count). The molecule has 1 aromatic rings.